The third kappa shape index (κ3) is 3.14. The summed E-state index contributed by atoms with van der Waals surface area (Å²) < 4.78 is 14.1. The Labute approximate surface area is 126 Å². The second-order valence-corrected chi connectivity index (χ2v) is 4.79. The van der Waals surface area contributed by atoms with Crippen LogP contribution < -0.4 is 11.1 Å². The van der Waals surface area contributed by atoms with Crippen LogP contribution in [0.5, 0.6) is 0 Å². The van der Waals surface area contributed by atoms with Crippen molar-refractivity contribution in [3.05, 3.63) is 56.4 Å². The Bertz CT molecular complexity index is 738. The molecule has 0 aliphatic rings. The standard InChI is InChI=1S/C12H8BrFN4O3/c13-8-2-1-6(18(20)21)5-9(8)17-12(19)7-3-4-16-11(15)10(7)14/h1-5H,(H2,15,16)(H,17,19). The minimum absolute atomic E-state index is 0.143. The molecule has 2 aromatic rings. The van der Waals surface area contributed by atoms with E-state index in [0.717, 1.165) is 12.1 Å². The Kier molecular flexibility index (Phi) is 4.13. The molecule has 0 atom stereocenters. The van der Waals surface area contributed by atoms with Crippen LogP contribution in [0.4, 0.5) is 21.6 Å². The number of carbonyl (C=O) groups is 1. The number of hydrogen-bond acceptors (Lipinski definition) is 5. The largest absolute Gasteiger partial charge is 0.381 e. The van der Waals surface area contributed by atoms with Gasteiger partial charge in [0, 0.05) is 22.8 Å². The zero-order valence-corrected chi connectivity index (χ0v) is 11.9. The Morgan fingerprint density at radius 1 is 1.43 bits per heavy atom. The molecule has 9 heteroatoms. The van der Waals surface area contributed by atoms with Crippen molar-refractivity contribution >= 4 is 39.0 Å². The van der Waals surface area contributed by atoms with Crippen LogP contribution in [0.1, 0.15) is 10.4 Å². The Morgan fingerprint density at radius 3 is 2.81 bits per heavy atom. The molecule has 1 aromatic carbocycles. The fourth-order valence-corrected chi connectivity index (χ4v) is 1.89. The number of anilines is 2. The number of pyridine rings is 1. The third-order valence-electron chi connectivity index (χ3n) is 2.57. The molecule has 0 radical (unpaired) electrons. The van der Waals surface area contributed by atoms with E-state index in [-0.39, 0.29) is 16.9 Å². The average molecular weight is 355 g/mol. The number of nitro groups is 1. The molecule has 1 aromatic heterocycles. The van der Waals surface area contributed by atoms with E-state index in [9.17, 15) is 19.3 Å². The zero-order chi connectivity index (χ0) is 15.6. The molecular weight excluding hydrogens is 347 g/mol. The number of nitrogens with two attached hydrogens (primary N) is 1. The van der Waals surface area contributed by atoms with Gasteiger partial charge < -0.3 is 11.1 Å². The molecule has 21 heavy (non-hydrogen) atoms. The van der Waals surface area contributed by atoms with Crippen LogP contribution in [0, 0.1) is 15.9 Å². The Balaban J connectivity index is 2.33. The lowest BCUT2D eigenvalue weighted by atomic mass is 10.2. The highest BCUT2D eigenvalue weighted by molar-refractivity contribution is 9.10. The minimum Gasteiger partial charge on any atom is -0.381 e. The summed E-state index contributed by atoms with van der Waals surface area (Å²) in [5.74, 6) is -2.14. The van der Waals surface area contributed by atoms with Gasteiger partial charge in [-0.1, -0.05) is 0 Å². The lowest BCUT2D eigenvalue weighted by molar-refractivity contribution is -0.384. The first-order valence-corrected chi connectivity index (χ1v) is 6.34. The molecule has 0 bridgehead atoms. The van der Waals surface area contributed by atoms with Crippen LogP contribution in [0.25, 0.3) is 0 Å². The van der Waals surface area contributed by atoms with E-state index in [4.69, 9.17) is 5.73 Å². The van der Waals surface area contributed by atoms with Crippen molar-refractivity contribution in [3.63, 3.8) is 0 Å². The third-order valence-corrected chi connectivity index (χ3v) is 3.26. The van der Waals surface area contributed by atoms with E-state index < -0.39 is 22.5 Å². The van der Waals surface area contributed by atoms with Gasteiger partial charge in [-0.15, -0.1) is 0 Å². The second-order valence-electron chi connectivity index (χ2n) is 3.93. The van der Waals surface area contributed by atoms with Gasteiger partial charge in [-0.25, -0.2) is 9.37 Å². The first-order valence-electron chi connectivity index (χ1n) is 5.55. The van der Waals surface area contributed by atoms with Gasteiger partial charge in [0.05, 0.1) is 16.2 Å². The fourth-order valence-electron chi connectivity index (χ4n) is 1.55. The zero-order valence-electron chi connectivity index (χ0n) is 10.3. The summed E-state index contributed by atoms with van der Waals surface area (Å²) in [6.45, 7) is 0. The molecule has 1 heterocycles. The topological polar surface area (TPSA) is 111 Å². The number of nitrogen functional groups attached to an aromatic ring is 1. The SMILES string of the molecule is Nc1nccc(C(=O)Nc2cc([N+](=O)[O-])ccc2Br)c1F. The van der Waals surface area contributed by atoms with Gasteiger partial charge in [0.1, 0.15) is 0 Å². The average Bonchev–Trinajstić information content (AvgIpc) is 2.43. The molecule has 1 amide bonds. The number of benzene rings is 1. The van der Waals surface area contributed by atoms with Crippen LogP contribution in [0.15, 0.2) is 34.9 Å². The molecule has 3 N–H and O–H groups in total. The van der Waals surface area contributed by atoms with E-state index >= 15 is 0 Å². The number of hydrogen-bond donors (Lipinski definition) is 2. The molecule has 0 saturated heterocycles. The highest BCUT2D eigenvalue weighted by Gasteiger charge is 2.17. The summed E-state index contributed by atoms with van der Waals surface area (Å²) in [5, 5.41) is 13.1. The van der Waals surface area contributed by atoms with Crippen LogP contribution in [0.3, 0.4) is 0 Å². The van der Waals surface area contributed by atoms with Crippen molar-refractivity contribution in [2.75, 3.05) is 11.1 Å². The monoisotopic (exact) mass is 354 g/mol. The van der Waals surface area contributed by atoms with Gasteiger partial charge in [-0.05, 0) is 28.1 Å². The molecule has 0 fully saturated rings. The van der Waals surface area contributed by atoms with E-state index in [2.05, 4.69) is 26.2 Å². The van der Waals surface area contributed by atoms with Crippen molar-refractivity contribution in [2.24, 2.45) is 0 Å². The molecule has 0 spiro atoms. The Morgan fingerprint density at radius 2 is 2.14 bits per heavy atom. The van der Waals surface area contributed by atoms with Gasteiger partial charge >= 0.3 is 0 Å². The Hall–Kier alpha value is -2.55. The number of aromatic nitrogens is 1. The maximum atomic E-state index is 13.7. The number of amides is 1. The molecule has 0 saturated carbocycles. The number of rotatable bonds is 3. The fraction of sp³-hybridized carbons (Fsp3) is 0. The van der Waals surface area contributed by atoms with Crippen molar-refractivity contribution < 1.29 is 14.1 Å². The predicted molar refractivity (Wildman–Crippen MR) is 77.4 cm³/mol. The number of carbonyl (C=O) groups excluding carboxylic acids is 1. The summed E-state index contributed by atoms with van der Waals surface area (Å²) in [5.41, 5.74) is 4.91. The number of nitrogens with one attached hydrogen (secondary N) is 1. The molecule has 2 rings (SSSR count). The molecule has 0 aliphatic carbocycles. The molecule has 0 aliphatic heterocycles. The number of nitrogens with zero attached hydrogens (tertiary/aromatic N) is 2. The predicted octanol–water partition coefficient (Wildman–Crippen LogP) is 2.73. The van der Waals surface area contributed by atoms with Gasteiger partial charge in [-0.2, -0.15) is 0 Å². The van der Waals surface area contributed by atoms with Crippen molar-refractivity contribution in [1.29, 1.82) is 0 Å². The van der Waals surface area contributed by atoms with Crippen molar-refractivity contribution in [2.45, 2.75) is 0 Å². The molecular formula is C12H8BrFN4O3. The lowest BCUT2D eigenvalue weighted by Gasteiger charge is -2.08. The first-order chi connectivity index (χ1) is 9.90. The summed E-state index contributed by atoms with van der Waals surface area (Å²) >= 11 is 3.15. The summed E-state index contributed by atoms with van der Waals surface area (Å²) in [4.78, 5) is 25.6. The van der Waals surface area contributed by atoms with Crippen LogP contribution >= 0.6 is 15.9 Å². The molecule has 7 nitrogen and oxygen atoms in total. The number of halogens is 2. The van der Waals surface area contributed by atoms with Gasteiger partial charge in [0.15, 0.2) is 11.6 Å². The highest BCUT2D eigenvalue weighted by Crippen LogP contribution is 2.27. The van der Waals surface area contributed by atoms with Crippen LogP contribution in [0.2, 0.25) is 0 Å². The summed E-state index contributed by atoms with van der Waals surface area (Å²) in [7, 11) is 0. The van der Waals surface area contributed by atoms with Gasteiger partial charge in [-0.3, -0.25) is 14.9 Å². The van der Waals surface area contributed by atoms with Gasteiger partial charge in [0.25, 0.3) is 11.6 Å². The van der Waals surface area contributed by atoms with Crippen LogP contribution in [-0.2, 0) is 0 Å². The summed E-state index contributed by atoms with van der Waals surface area (Å²) in [6, 6.07) is 4.99. The smallest absolute Gasteiger partial charge is 0.271 e. The van der Waals surface area contributed by atoms with Crippen molar-refractivity contribution in [3.8, 4) is 0 Å². The second kappa shape index (κ2) is 5.83. The number of nitro benzene ring substituents is 1. The number of non-ortho nitro benzene ring substituents is 1. The van der Waals surface area contributed by atoms with E-state index in [1.165, 1.54) is 18.3 Å². The van der Waals surface area contributed by atoms with E-state index in [1.54, 1.807) is 0 Å². The van der Waals surface area contributed by atoms with Crippen LogP contribution in [-0.4, -0.2) is 15.8 Å². The van der Waals surface area contributed by atoms with Gasteiger partial charge in [0.2, 0.25) is 0 Å². The maximum absolute atomic E-state index is 13.7. The molecule has 108 valence electrons. The quantitative estimate of drug-likeness (QED) is 0.650. The first kappa shape index (κ1) is 14.9. The molecule has 0 unspecified atom stereocenters. The summed E-state index contributed by atoms with van der Waals surface area (Å²) in [6.07, 6.45) is 1.19. The maximum Gasteiger partial charge on any atom is 0.271 e. The lowest BCUT2D eigenvalue weighted by Crippen LogP contribution is -2.15. The minimum atomic E-state index is -0.948. The normalized spacial score (nSPS) is 10.2. The van der Waals surface area contributed by atoms with E-state index in [1.807, 2.05) is 0 Å². The highest BCUT2D eigenvalue weighted by atomic mass is 79.9. The van der Waals surface area contributed by atoms with E-state index in [0.29, 0.717) is 4.47 Å². The van der Waals surface area contributed by atoms with Crippen molar-refractivity contribution in [1.82, 2.24) is 4.98 Å².